The van der Waals surface area contributed by atoms with Gasteiger partial charge in [-0.2, -0.15) is 4.31 Å². The zero-order valence-electron chi connectivity index (χ0n) is 11.6. The second kappa shape index (κ2) is 5.88. The molecule has 0 aromatic heterocycles. The summed E-state index contributed by atoms with van der Waals surface area (Å²) in [5, 5.41) is 0. The third-order valence-corrected chi connectivity index (χ3v) is 6.34. The first-order valence-electron chi connectivity index (χ1n) is 7.25. The van der Waals surface area contributed by atoms with Gasteiger partial charge in [0.15, 0.2) is 0 Å². The first-order chi connectivity index (χ1) is 8.53. The van der Waals surface area contributed by atoms with Crippen LogP contribution in [0.15, 0.2) is 0 Å². The van der Waals surface area contributed by atoms with Crippen LogP contribution in [0, 0.1) is 5.92 Å². The lowest BCUT2D eigenvalue weighted by Crippen LogP contribution is -2.52. The van der Waals surface area contributed by atoms with Crippen LogP contribution < -0.4 is 0 Å². The lowest BCUT2D eigenvalue weighted by Gasteiger charge is -2.41. The molecule has 0 spiro atoms. The molecule has 0 amide bonds. The average Bonchev–Trinajstić information content (AvgIpc) is 2.39. The fourth-order valence-electron chi connectivity index (χ4n) is 3.26. The molecule has 2 aliphatic rings. The second-order valence-electron chi connectivity index (χ2n) is 5.76. The SMILES string of the molecule is CCS(=O)(=O)N1CCN([C@H]2CCC[C@@H](C)C2)CC1. The van der Waals surface area contributed by atoms with E-state index in [0.717, 1.165) is 19.0 Å². The third-order valence-electron chi connectivity index (χ3n) is 4.46. The average molecular weight is 274 g/mol. The maximum absolute atomic E-state index is 11.8. The van der Waals surface area contributed by atoms with Crippen molar-refractivity contribution in [2.45, 2.75) is 45.6 Å². The quantitative estimate of drug-likeness (QED) is 0.784. The van der Waals surface area contributed by atoms with Crippen LogP contribution in [0.2, 0.25) is 0 Å². The van der Waals surface area contributed by atoms with E-state index in [1.165, 1.54) is 25.7 Å². The van der Waals surface area contributed by atoms with Gasteiger partial charge in [0.25, 0.3) is 0 Å². The van der Waals surface area contributed by atoms with E-state index in [-0.39, 0.29) is 5.75 Å². The number of nitrogens with zero attached hydrogens (tertiary/aromatic N) is 2. The van der Waals surface area contributed by atoms with Crippen molar-refractivity contribution >= 4 is 10.0 Å². The monoisotopic (exact) mass is 274 g/mol. The minimum Gasteiger partial charge on any atom is -0.298 e. The van der Waals surface area contributed by atoms with E-state index in [9.17, 15) is 8.42 Å². The van der Waals surface area contributed by atoms with Gasteiger partial charge in [0.2, 0.25) is 10.0 Å². The molecule has 106 valence electrons. The van der Waals surface area contributed by atoms with Crippen molar-refractivity contribution in [3.63, 3.8) is 0 Å². The lowest BCUT2D eigenvalue weighted by molar-refractivity contribution is 0.0967. The topological polar surface area (TPSA) is 40.6 Å². The molecule has 1 heterocycles. The van der Waals surface area contributed by atoms with E-state index in [0.29, 0.717) is 19.1 Å². The summed E-state index contributed by atoms with van der Waals surface area (Å²) in [6.45, 7) is 7.25. The van der Waals surface area contributed by atoms with Crippen molar-refractivity contribution in [3.8, 4) is 0 Å². The lowest BCUT2D eigenvalue weighted by atomic mass is 9.86. The smallest absolute Gasteiger partial charge is 0.213 e. The highest BCUT2D eigenvalue weighted by Crippen LogP contribution is 2.28. The summed E-state index contributed by atoms with van der Waals surface area (Å²) in [6.07, 6.45) is 5.28. The number of rotatable bonds is 3. The van der Waals surface area contributed by atoms with Crippen LogP contribution in [0.25, 0.3) is 0 Å². The van der Waals surface area contributed by atoms with Crippen LogP contribution in [0.5, 0.6) is 0 Å². The van der Waals surface area contributed by atoms with Gasteiger partial charge in [-0.15, -0.1) is 0 Å². The van der Waals surface area contributed by atoms with Crippen molar-refractivity contribution < 1.29 is 8.42 Å². The van der Waals surface area contributed by atoms with E-state index in [1.807, 2.05) is 0 Å². The maximum Gasteiger partial charge on any atom is 0.213 e. The molecule has 2 fully saturated rings. The highest BCUT2D eigenvalue weighted by Gasteiger charge is 2.30. The van der Waals surface area contributed by atoms with Gasteiger partial charge in [0.1, 0.15) is 0 Å². The summed E-state index contributed by atoms with van der Waals surface area (Å²) >= 11 is 0. The molecule has 0 unspecified atom stereocenters. The van der Waals surface area contributed by atoms with Gasteiger partial charge in [-0.25, -0.2) is 8.42 Å². The van der Waals surface area contributed by atoms with Gasteiger partial charge >= 0.3 is 0 Å². The Kier molecular flexibility index (Phi) is 4.67. The second-order valence-corrected chi connectivity index (χ2v) is 8.02. The van der Waals surface area contributed by atoms with Crippen molar-refractivity contribution in [1.82, 2.24) is 9.21 Å². The Morgan fingerprint density at radius 1 is 1.11 bits per heavy atom. The van der Waals surface area contributed by atoms with E-state index < -0.39 is 10.0 Å². The van der Waals surface area contributed by atoms with Crippen LogP contribution in [0.1, 0.15) is 39.5 Å². The standard InChI is InChI=1S/C13H26N2O2S/c1-3-18(16,17)15-9-7-14(8-10-15)13-6-4-5-12(2)11-13/h12-13H,3-11H2,1-2H3/t12-,13+/m1/s1. The third kappa shape index (κ3) is 3.25. The summed E-state index contributed by atoms with van der Waals surface area (Å²) in [4.78, 5) is 2.51. The van der Waals surface area contributed by atoms with Crippen molar-refractivity contribution in [1.29, 1.82) is 0 Å². The Morgan fingerprint density at radius 2 is 1.78 bits per heavy atom. The molecule has 2 rings (SSSR count). The fraction of sp³-hybridized carbons (Fsp3) is 1.00. The fourth-order valence-corrected chi connectivity index (χ4v) is 4.35. The summed E-state index contributed by atoms with van der Waals surface area (Å²) < 4.78 is 25.3. The van der Waals surface area contributed by atoms with E-state index in [1.54, 1.807) is 11.2 Å². The largest absolute Gasteiger partial charge is 0.298 e. The van der Waals surface area contributed by atoms with E-state index in [2.05, 4.69) is 11.8 Å². The summed E-state index contributed by atoms with van der Waals surface area (Å²) in [5.41, 5.74) is 0. The molecule has 5 heteroatoms. The van der Waals surface area contributed by atoms with Crippen molar-refractivity contribution in [3.05, 3.63) is 0 Å². The zero-order valence-corrected chi connectivity index (χ0v) is 12.5. The first-order valence-corrected chi connectivity index (χ1v) is 8.85. The number of hydrogen-bond acceptors (Lipinski definition) is 3. The normalized spacial score (nSPS) is 32.6. The molecule has 4 nitrogen and oxygen atoms in total. The Labute approximate surface area is 111 Å². The van der Waals surface area contributed by atoms with E-state index in [4.69, 9.17) is 0 Å². The van der Waals surface area contributed by atoms with Crippen LogP contribution in [-0.4, -0.2) is 55.6 Å². The number of hydrogen-bond donors (Lipinski definition) is 0. The molecule has 0 bridgehead atoms. The van der Waals surface area contributed by atoms with Crippen LogP contribution >= 0.6 is 0 Å². The molecule has 1 saturated carbocycles. The maximum atomic E-state index is 11.8. The molecule has 0 aromatic carbocycles. The van der Waals surface area contributed by atoms with Gasteiger partial charge in [-0.3, -0.25) is 4.90 Å². The Balaban J connectivity index is 1.86. The molecule has 1 aliphatic heterocycles. The minimum absolute atomic E-state index is 0.230. The Hall–Kier alpha value is -0.130. The molecule has 0 N–H and O–H groups in total. The molecule has 1 saturated heterocycles. The summed E-state index contributed by atoms with van der Waals surface area (Å²) in [5.74, 6) is 1.06. The molecule has 18 heavy (non-hydrogen) atoms. The molecular weight excluding hydrogens is 248 g/mol. The predicted molar refractivity (Wildman–Crippen MR) is 74.0 cm³/mol. The first kappa shape index (κ1) is 14.3. The van der Waals surface area contributed by atoms with Crippen molar-refractivity contribution in [2.24, 2.45) is 5.92 Å². The van der Waals surface area contributed by atoms with Crippen LogP contribution in [-0.2, 0) is 10.0 Å². The Bertz CT molecular complexity index is 361. The number of piperazine rings is 1. The van der Waals surface area contributed by atoms with Gasteiger partial charge in [0, 0.05) is 32.2 Å². The molecular formula is C13H26N2O2S. The van der Waals surface area contributed by atoms with Crippen LogP contribution in [0.3, 0.4) is 0 Å². The molecule has 0 aromatic rings. The van der Waals surface area contributed by atoms with E-state index >= 15 is 0 Å². The molecule has 2 atom stereocenters. The van der Waals surface area contributed by atoms with Gasteiger partial charge in [-0.05, 0) is 25.7 Å². The van der Waals surface area contributed by atoms with Crippen molar-refractivity contribution in [2.75, 3.05) is 31.9 Å². The van der Waals surface area contributed by atoms with Gasteiger partial charge < -0.3 is 0 Å². The highest BCUT2D eigenvalue weighted by molar-refractivity contribution is 7.89. The zero-order chi connectivity index (χ0) is 13.2. The van der Waals surface area contributed by atoms with Crippen LogP contribution in [0.4, 0.5) is 0 Å². The summed E-state index contributed by atoms with van der Waals surface area (Å²) in [7, 11) is -2.98. The van der Waals surface area contributed by atoms with Gasteiger partial charge in [0.05, 0.1) is 5.75 Å². The molecule has 0 radical (unpaired) electrons. The summed E-state index contributed by atoms with van der Waals surface area (Å²) in [6, 6.07) is 0.695. The van der Waals surface area contributed by atoms with Gasteiger partial charge in [-0.1, -0.05) is 19.8 Å². The highest BCUT2D eigenvalue weighted by atomic mass is 32.2. The predicted octanol–water partition coefficient (Wildman–Crippen LogP) is 1.53. The minimum atomic E-state index is -2.98. The molecule has 1 aliphatic carbocycles. The number of sulfonamides is 1. The Morgan fingerprint density at radius 3 is 2.33 bits per heavy atom.